The zero-order chi connectivity index (χ0) is 13.1. The molecule has 4 nitrogen and oxygen atoms in total. The van der Waals surface area contributed by atoms with Gasteiger partial charge in [0.25, 0.3) is 0 Å². The molecule has 0 bridgehead atoms. The molecule has 2 aromatic heterocycles. The summed E-state index contributed by atoms with van der Waals surface area (Å²) in [5.74, 6) is 0. The maximum atomic E-state index is 5.41. The number of H-pyrrole nitrogens is 1. The van der Waals surface area contributed by atoms with Crippen LogP contribution in [0.2, 0.25) is 0 Å². The number of aromatic nitrogens is 3. The summed E-state index contributed by atoms with van der Waals surface area (Å²) in [7, 11) is 1.72. The molecule has 1 N–H and O–H groups in total. The molecular formula is C13H19N3OS. The summed E-state index contributed by atoms with van der Waals surface area (Å²) >= 11 is 5.41. The predicted molar refractivity (Wildman–Crippen MR) is 75.5 cm³/mol. The highest BCUT2D eigenvalue weighted by Crippen LogP contribution is 2.21. The van der Waals surface area contributed by atoms with Crippen molar-refractivity contribution in [3.63, 3.8) is 0 Å². The highest BCUT2D eigenvalue weighted by molar-refractivity contribution is 7.71. The van der Waals surface area contributed by atoms with Crippen LogP contribution in [0.5, 0.6) is 0 Å². The number of aromatic amines is 1. The SMILES string of the molecule is CCCC(COC)n1c(=S)[nH]c2cc(C)cnc21. The summed E-state index contributed by atoms with van der Waals surface area (Å²) in [6.45, 7) is 4.85. The summed E-state index contributed by atoms with van der Waals surface area (Å²) in [5.41, 5.74) is 3.04. The zero-order valence-electron chi connectivity index (χ0n) is 11.1. The van der Waals surface area contributed by atoms with E-state index in [1.807, 2.05) is 13.1 Å². The van der Waals surface area contributed by atoms with Gasteiger partial charge in [-0.1, -0.05) is 13.3 Å². The molecule has 18 heavy (non-hydrogen) atoms. The monoisotopic (exact) mass is 265 g/mol. The Morgan fingerprint density at radius 1 is 1.56 bits per heavy atom. The Bertz CT molecular complexity index is 581. The Morgan fingerprint density at radius 2 is 2.33 bits per heavy atom. The molecule has 0 aliphatic rings. The van der Waals surface area contributed by atoms with Crippen molar-refractivity contribution < 1.29 is 4.74 Å². The van der Waals surface area contributed by atoms with Crippen molar-refractivity contribution in [2.24, 2.45) is 0 Å². The van der Waals surface area contributed by atoms with Gasteiger partial charge >= 0.3 is 0 Å². The molecule has 2 rings (SSSR count). The molecule has 0 aromatic carbocycles. The summed E-state index contributed by atoms with van der Waals surface area (Å²) in [6.07, 6.45) is 4.00. The topological polar surface area (TPSA) is 42.8 Å². The van der Waals surface area contributed by atoms with Crippen LogP contribution in [-0.2, 0) is 4.74 Å². The number of pyridine rings is 1. The third kappa shape index (κ3) is 2.47. The van der Waals surface area contributed by atoms with E-state index in [4.69, 9.17) is 17.0 Å². The lowest BCUT2D eigenvalue weighted by atomic mass is 10.2. The number of hydrogen-bond acceptors (Lipinski definition) is 3. The third-order valence-corrected chi connectivity index (χ3v) is 3.34. The number of fused-ring (bicyclic) bond motifs is 1. The molecule has 0 spiro atoms. The van der Waals surface area contributed by atoms with Gasteiger partial charge < -0.3 is 9.72 Å². The predicted octanol–water partition coefficient (Wildman–Crippen LogP) is 3.39. The van der Waals surface area contributed by atoms with E-state index in [0.717, 1.165) is 34.3 Å². The number of ether oxygens (including phenoxy) is 1. The summed E-state index contributed by atoms with van der Waals surface area (Å²) in [4.78, 5) is 7.72. The first-order chi connectivity index (χ1) is 8.67. The number of imidazole rings is 1. The molecular weight excluding hydrogens is 246 g/mol. The van der Waals surface area contributed by atoms with E-state index in [9.17, 15) is 0 Å². The quantitative estimate of drug-likeness (QED) is 0.843. The number of methoxy groups -OCH3 is 1. The Balaban J connectivity index is 2.54. The number of rotatable bonds is 5. The smallest absolute Gasteiger partial charge is 0.179 e. The second kappa shape index (κ2) is 5.63. The van der Waals surface area contributed by atoms with E-state index in [2.05, 4.69) is 27.5 Å². The summed E-state index contributed by atoms with van der Waals surface area (Å²) < 4.78 is 8.10. The number of aryl methyl sites for hydroxylation is 1. The normalized spacial score (nSPS) is 13.1. The Morgan fingerprint density at radius 3 is 3.00 bits per heavy atom. The lowest BCUT2D eigenvalue weighted by Crippen LogP contribution is -2.15. The number of nitrogens with one attached hydrogen (secondary N) is 1. The van der Waals surface area contributed by atoms with Crippen LogP contribution < -0.4 is 0 Å². The molecule has 1 unspecified atom stereocenters. The van der Waals surface area contributed by atoms with Crippen molar-refractivity contribution in [3.8, 4) is 0 Å². The Hall–Kier alpha value is -1.20. The Labute approximate surface area is 112 Å². The van der Waals surface area contributed by atoms with E-state index in [0.29, 0.717) is 6.61 Å². The molecule has 2 aromatic rings. The summed E-state index contributed by atoms with van der Waals surface area (Å²) in [5, 5.41) is 0. The lowest BCUT2D eigenvalue weighted by Gasteiger charge is -2.17. The van der Waals surface area contributed by atoms with Crippen LogP contribution in [0.15, 0.2) is 12.3 Å². The van der Waals surface area contributed by atoms with Crippen LogP contribution in [0, 0.1) is 11.7 Å². The van der Waals surface area contributed by atoms with Gasteiger partial charge in [0.2, 0.25) is 0 Å². The molecule has 1 atom stereocenters. The molecule has 98 valence electrons. The van der Waals surface area contributed by atoms with Crippen molar-refractivity contribution in [1.82, 2.24) is 14.5 Å². The van der Waals surface area contributed by atoms with Crippen LogP contribution in [0.3, 0.4) is 0 Å². The Kier molecular flexibility index (Phi) is 4.14. The summed E-state index contributed by atoms with van der Waals surface area (Å²) in [6, 6.07) is 2.32. The van der Waals surface area contributed by atoms with Crippen molar-refractivity contribution in [2.45, 2.75) is 32.7 Å². The minimum absolute atomic E-state index is 0.247. The van der Waals surface area contributed by atoms with Gasteiger partial charge in [-0.25, -0.2) is 4.98 Å². The number of nitrogens with zero attached hydrogens (tertiary/aromatic N) is 2. The second-order valence-electron chi connectivity index (χ2n) is 4.58. The van der Waals surface area contributed by atoms with Gasteiger partial charge in [-0.2, -0.15) is 0 Å². The zero-order valence-corrected chi connectivity index (χ0v) is 11.9. The fourth-order valence-electron chi connectivity index (χ4n) is 2.27. The molecule has 0 aliphatic carbocycles. The van der Waals surface area contributed by atoms with Crippen LogP contribution >= 0.6 is 12.2 Å². The molecule has 0 aliphatic heterocycles. The van der Waals surface area contributed by atoms with Gasteiger partial charge in [0.05, 0.1) is 18.2 Å². The van der Waals surface area contributed by atoms with E-state index in [-0.39, 0.29) is 6.04 Å². The van der Waals surface area contributed by atoms with Gasteiger partial charge in [0.15, 0.2) is 10.4 Å². The molecule has 0 saturated heterocycles. The molecule has 0 radical (unpaired) electrons. The molecule has 5 heteroatoms. The van der Waals surface area contributed by atoms with Crippen molar-refractivity contribution in [1.29, 1.82) is 0 Å². The van der Waals surface area contributed by atoms with Crippen molar-refractivity contribution in [3.05, 3.63) is 22.6 Å². The van der Waals surface area contributed by atoms with Gasteiger partial charge in [-0.3, -0.25) is 4.57 Å². The first-order valence-corrected chi connectivity index (χ1v) is 6.64. The standard InChI is InChI=1S/C13H19N3OS/c1-4-5-10(8-17-3)16-12-11(15-13(16)18)6-9(2)7-14-12/h6-7,10H,4-5,8H2,1-3H3,(H,15,18). The molecule has 0 saturated carbocycles. The van der Waals surface area contributed by atoms with E-state index < -0.39 is 0 Å². The van der Waals surface area contributed by atoms with Gasteiger partial charge in [0.1, 0.15) is 0 Å². The highest BCUT2D eigenvalue weighted by Gasteiger charge is 2.15. The third-order valence-electron chi connectivity index (χ3n) is 3.04. The van der Waals surface area contributed by atoms with E-state index >= 15 is 0 Å². The molecule has 0 fully saturated rings. The van der Waals surface area contributed by atoms with Crippen LogP contribution in [0.1, 0.15) is 31.4 Å². The first kappa shape index (κ1) is 13.2. The minimum atomic E-state index is 0.247. The van der Waals surface area contributed by atoms with Crippen molar-refractivity contribution in [2.75, 3.05) is 13.7 Å². The fourth-order valence-corrected chi connectivity index (χ4v) is 2.61. The highest BCUT2D eigenvalue weighted by atomic mass is 32.1. The molecule has 0 amide bonds. The van der Waals surface area contributed by atoms with Gasteiger partial charge in [0, 0.05) is 13.3 Å². The minimum Gasteiger partial charge on any atom is -0.383 e. The number of hydrogen-bond donors (Lipinski definition) is 1. The second-order valence-corrected chi connectivity index (χ2v) is 4.97. The molecule has 2 heterocycles. The van der Waals surface area contributed by atoms with Crippen LogP contribution in [-0.4, -0.2) is 28.3 Å². The first-order valence-electron chi connectivity index (χ1n) is 6.23. The maximum absolute atomic E-state index is 5.41. The van der Waals surface area contributed by atoms with Gasteiger partial charge in [-0.15, -0.1) is 0 Å². The maximum Gasteiger partial charge on any atom is 0.179 e. The van der Waals surface area contributed by atoms with Crippen molar-refractivity contribution >= 4 is 23.4 Å². The van der Waals surface area contributed by atoms with Crippen LogP contribution in [0.4, 0.5) is 0 Å². The van der Waals surface area contributed by atoms with E-state index in [1.165, 1.54) is 0 Å². The lowest BCUT2D eigenvalue weighted by molar-refractivity contribution is 0.151. The van der Waals surface area contributed by atoms with E-state index in [1.54, 1.807) is 7.11 Å². The fraction of sp³-hybridized carbons (Fsp3) is 0.538. The van der Waals surface area contributed by atoms with Crippen LogP contribution in [0.25, 0.3) is 11.2 Å². The average Bonchev–Trinajstić information content (AvgIpc) is 2.64. The largest absolute Gasteiger partial charge is 0.383 e. The van der Waals surface area contributed by atoms with Gasteiger partial charge in [-0.05, 0) is 37.2 Å². The average molecular weight is 265 g/mol.